The van der Waals surface area contributed by atoms with E-state index in [1.54, 1.807) is 21.3 Å². The third kappa shape index (κ3) is 5.96. The molecule has 1 rings (SSSR count). The molecule has 0 N–H and O–H groups in total. The van der Waals surface area contributed by atoms with Gasteiger partial charge in [0.2, 0.25) is 0 Å². The minimum atomic E-state index is -1.99. The molecule has 0 radical (unpaired) electrons. The van der Waals surface area contributed by atoms with Gasteiger partial charge in [0, 0.05) is 52.6 Å². The lowest BCUT2D eigenvalue weighted by Crippen LogP contribution is -2.46. The maximum Gasteiger partial charge on any atom is 0.336 e. The zero-order chi connectivity index (χ0) is 15.8. The lowest BCUT2D eigenvalue weighted by atomic mass is 9.72. The molecule has 1 heterocycles. The minimum absolute atomic E-state index is 0.296. The van der Waals surface area contributed by atoms with Crippen LogP contribution in [0.4, 0.5) is 0 Å². The van der Waals surface area contributed by atoms with E-state index in [0.29, 0.717) is 17.9 Å². The molecule has 1 fully saturated rings. The van der Waals surface area contributed by atoms with Crippen molar-refractivity contribution in [3.05, 3.63) is 0 Å². The molecular weight excluding hydrogens is 288 g/mol. The predicted octanol–water partition coefficient (Wildman–Crippen LogP) is 2.45. The normalized spacial score (nSPS) is 19.3. The number of hydrogen-bond donors (Lipinski definition) is 0. The molecule has 21 heavy (non-hydrogen) atoms. The molecule has 0 spiro atoms. The fraction of sp³-hybridized carbons (Fsp3) is 1.00. The van der Waals surface area contributed by atoms with Crippen LogP contribution in [0.5, 0.6) is 0 Å². The Hall–Kier alpha value is 0.0169. The largest absolute Gasteiger partial charge is 0.398 e. The van der Waals surface area contributed by atoms with Crippen molar-refractivity contribution in [2.45, 2.75) is 32.4 Å². The molecule has 0 bridgehead atoms. The van der Waals surface area contributed by atoms with E-state index in [1.165, 1.54) is 0 Å². The maximum atomic E-state index is 5.80. The van der Waals surface area contributed by atoms with E-state index in [-0.39, 0.29) is 0 Å². The van der Waals surface area contributed by atoms with Crippen LogP contribution in [0.1, 0.15) is 19.8 Å². The summed E-state index contributed by atoms with van der Waals surface area (Å²) >= 11 is 0. The molecule has 0 aliphatic carbocycles. The van der Waals surface area contributed by atoms with E-state index < -0.39 is 8.56 Å². The Labute approximate surface area is 130 Å². The molecule has 1 aliphatic heterocycles. The van der Waals surface area contributed by atoms with Crippen molar-refractivity contribution < 1.29 is 23.1 Å². The van der Waals surface area contributed by atoms with Crippen LogP contribution < -0.4 is 0 Å². The molecule has 1 unspecified atom stereocenters. The number of methoxy groups -OCH3 is 1. The molecule has 1 aliphatic rings. The lowest BCUT2D eigenvalue weighted by molar-refractivity contribution is -0.142. The van der Waals surface area contributed by atoms with Crippen LogP contribution in [-0.4, -0.2) is 62.9 Å². The molecule has 0 aromatic carbocycles. The smallest absolute Gasteiger partial charge is 0.336 e. The van der Waals surface area contributed by atoms with Crippen LogP contribution in [0.15, 0.2) is 0 Å². The van der Waals surface area contributed by atoms with Crippen molar-refractivity contribution in [1.29, 1.82) is 0 Å². The minimum Gasteiger partial charge on any atom is -0.398 e. The average Bonchev–Trinajstić information content (AvgIpc) is 2.47. The first kappa shape index (κ1) is 19.1. The summed E-state index contributed by atoms with van der Waals surface area (Å²) in [5.41, 5.74) is 0.296. The van der Waals surface area contributed by atoms with Gasteiger partial charge in [-0.25, -0.2) is 0 Å². The summed E-state index contributed by atoms with van der Waals surface area (Å²) < 4.78 is 27.3. The average molecular weight is 321 g/mol. The molecule has 1 saturated heterocycles. The van der Waals surface area contributed by atoms with Crippen molar-refractivity contribution in [1.82, 2.24) is 0 Å². The Balaban J connectivity index is 2.24. The summed E-state index contributed by atoms with van der Waals surface area (Å²) in [6.07, 6.45) is 2.13. The van der Waals surface area contributed by atoms with E-state index in [4.69, 9.17) is 23.1 Å². The van der Waals surface area contributed by atoms with Gasteiger partial charge in [0.15, 0.2) is 0 Å². The molecule has 0 saturated carbocycles. The summed E-state index contributed by atoms with van der Waals surface area (Å²) in [7, 11) is 3.20. The molecule has 0 aromatic rings. The third-order valence-electron chi connectivity index (χ3n) is 4.69. The summed E-state index contributed by atoms with van der Waals surface area (Å²) in [5.74, 6) is 0.597. The van der Waals surface area contributed by atoms with Crippen LogP contribution in [0.25, 0.3) is 0 Å². The van der Waals surface area contributed by atoms with Crippen LogP contribution in [0.3, 0.4) is 0 Å². The molecular formula is C15H32O5Si. The van der Waals surface area contributed by atoms with Gasteiger partial charge in [0.1, 0.15) is 0 Å². The van der Waals surface area contributed by atoms with Crippen molar-refractivity contribution in [2.75, 3.05) is 54.4 Å². The highest BCUT2D eigenvalue weighted by atomic mass is 28.4. The molecule has 6 heteroatoms. The summed E-state index contributed by atoms with van der Waals surface area (Å²) in [6, 6.07) is 0.864. The van der Waals surface area contributed by atoms with Crippen LogP contribution >= 0.6 is 0 Å². The second-order valence-electron chi connectivity index (χ2n) is 6.32. The summed E-state index contributed by atoms with van der Waals surface area (Å²) in [6.45, 7) is 8.37. The molecule has 0 amide bonds. The quantitative estimate of drug-likeness (QED) is 0.408. The Morgan fingerprint density at radius 2 is 1.67 bits per heavy atom. The van der Waals surface area contributed by atoms with E-state index >= 15 is 0 Å². The van der Waals surface area contributed by atoms with Crippen molar-refractivity contribution in [3.63, 3.8) is 0 Å². The summed E-state index contributed by atoms with van der Waals surface area (Å²) in [4.78, 5) is 0. The molecule has 0 aromatic heterocycles. The summed E-state index contributed by atoms with van der Waals surface area (Å²) in [5, 5.41) is 0. The zero-order valence-corrected chi connectivity index (χ0v) is 15.3. The first-order valence-corrected chi connectivity index (χ1v) is 10.3. The van der Waals surface area contributed by atoms with E-state index in [9.17, 15) is 0 Å². The maximum absolute atomic E-state index is 5.80. The fourth-order valence-electron chi connectivity index (χ4n) is 2.63. The highest BCUT2D eigenvalue weighted by molar-refractivity contribution is 6.65. The van der Waals surface area contributed by atoms with Gasteiger partial charge in [0.05, 0.1) is 13.2 Å². The standard InChI is InChI=1S/C15H32O5Si/c1-15(12-20-13-15)14(6-8-16-2)7-9-19-10-11-21(5,17-3)18-4/h14H,6-13H2,1-5H3. The van der Waals surface area contributed by atoms with Gasteiger partial charge in [0.25, 0.3) is 0 Å². The van der Waals surface area contributed by atoms with Gasteiger partial charge in [-0.1, -0.05) is 6.92 Å². The highest BCUT2D eigenvalue weighted by Gasteiger charge is 2.40. The SMILES string of the molecule is COCCC(CCOCC[Si](C)(OC)OC)C1(C)COC1. The number of ether oxygens (including phenoxy) is 3. The van der Waals surface area contributed by atoms with Crippen LogP contribution in [0.2, 0.25) is 12.6 Å². The lowest BCUT2D eigenvalue weighted by Gasteiger charge is -2.44. The Bertz CT molecular complexity index is 279. The Morgan fingerprint density at radius 3 is 2.14 bits per heavy atom. The molecule has 5 nitrogen and oxygen atoms in total. The highest BCUT2D eigenvalue weighted by Crippen LogP contribution is 2.39. The molecule has 1 atom stereocenters. The van der Waals surface area contributed by atoms with Crippen LogP contribution in [0, 0.1) is 11.3 Å². The number of rotatable bonds is 12. The Morgan fingerprint density at radius 1 is 1.05 bits per heavy atom. The first-order valence-electron chi connectivity index (χ1n) is 7.74. The van der Waals surface area contributed by atoms with Gasteiger partial charge >= 0.3 is 8.56 Å². The van der Waals surface area contributed by atoms with Gasteiger partial charge in [-0.05, 0) is 25.3 Å². The number of hydrogen-bond acceptors (Lipinski definition) is 5. The van der Waals surface area contributed by atoms with Gasteiger partial charge in [-0.2, -0.15) is 0 Å². The van der Waals surface area contributed by atoms with Crippen molar-refractivity contribution >= 4 is 8.56 Å². The third-order valence-corrected chi connectivity index (χ3v) is 7.53. The monoisotopic (exact) mass is 320 g/mol. The van der Waals surface area contributed by atoms with Gasteiger partial charge in [-0.3, -0.25) is 0 Å². The van der Waals surface area contributed by atoms with E-state index in [1.807, 2.05) is 0 Å². The van der Waals surface area contributed by atoms with Gasteiger partial charge < -0.3 is 23.1 Å². The second-order valence-corrected chi connectivity index (χ2v) is 9.90. The topological polar surface area (TPSA) is 46.2 Å². The van der Waals surface area contributed by atoms with Crippen LogP contribution in [-0.2, 0) is 23.1 Å². The van der Waals surface area contributed by atoms with Crippen molar-refractivity contribution in [2.24, 2.45) is 11.3 Å². The predicted molar refractivity (Wildman–Crippen MR) is 84.8 cm³/mol. The first-order chi connectivity index (χ1) is 9.99. The fourth-order valence-corrected chi connectivity index (χ4v) is 3.72. The molecule has 126 valence electrons. The van der Waals surface area contributed by atoms with Gasteiger partial charge in [-0.15, -0.1) is 0 Å². The van der Waals surface area contributed by atoms with E-state index in [0.717, 1.165) is 45.3 Å². The zero-order valence-electron chi connectivity index (χ0n) is 14.3. The Kier molecular flexibility index (Phi) is 8.37. The second kappa shape index (κ2) is 9.22. The van der Waals surface area contributed by atoms with E-state index in [2.05, 4.69) is 13.5 Å². The van der Waals surface area contributed by atoms with Crippen molar-refractivity contribution in [3.8, 4) is 0 Å².